The van der Waals surface area contributed by atoms with Gasteiger partial charge in [0.25, 0.3) is 0 Å². The number of nitrogens with two attached hydrogens (primary N) is 1. The molecule has 1 rings (SSSR count). The SMILES string of the molecule is CCCNC(=O)CN(C)Cc1cccnc1C(N)=S. The summed E-state index contributed by atoms with van der Waals surface area (Å²) >= 11 is 4.96. The second-order valence-electron chi connectivity index (χ2n) is 4.40. The van der Waals surface area contributed by atoms with E-state index in [9.17, 15) is 4.79 Å². The lowest BCUT2D eigenvalue weighted by Crippen LogP contribution is -2.35. The van der Waals surface area contributed by atoms with Gasteiger partial charge in [0.1, 0.15) is 10.7 Å². The number of aromatic nitrogens is 1. The molecule has 3 N–H and O–H groups in total. The summed E-state index contributed by atoms with van der Waals surface area (Å²) in [6.07, 6.45) is 2.59. The number of hydrogen-bond donors (Lipinski definition) is 2. The summed E-state index contributed by atoms with van der Waals surface area (Å²) in [7, 11) is 1.88. The van der Waals surface area contributed by atoms with Crippen molar-refractivity contribution in [3.63, 3.8) is 0 Å². The van der Waals surface area contributed by atoms with Gasteiger partial charge in [-0.1, -0.05) is 25.2 Å². The minimum atomic E-state index is 0.0186. The summed E-state index contributed by atoms with van der Waals surface area (Å²) in [6, 6.07) is 3.75. The molecule has 104 valence electrons. The summed E-state index contributed by atoms with van der Waals surface area (Å²) in [5, 5.41) is 2.84. The molecule has 0 saturated heterocycles. The number of amides is 1. The first kappa shape index (κ1) is 15.5. The van der Waals surface area contributed by atoms with E-state index < -0.39 is 0 Å². The van der Waals surface area contributed by atoms with Crippen LogP contribution < -0.4 is 11.1 Å². The third-order valence-electron chi connectivity index (χ3n) is 2.55. The monoisotopic (exact) mass is 280 g/mol. The summed E-state index contributed by atoms with van der Waals surface area (Å²) in [4.78, 5) is 18.0. The Kier molecular flexibility index (Phi) is 6.38. The van der Waals surface area contributed by atoms with Gasteiger partial charge in [-0.15, -0.1) is 0 Å². The van der Waals surface area contributed by atoms with E-state index in [0.717, 1.165) is 12.0 Å². The van der Waals surface area contributed by atoms with Gasteiger partial charge >= 0.3 is 0 Å². The fraction of sp³-hybridized carbons (Fsp3) is 0.462. The van der Waals surface area contributed by atoms with Gasteiger partial charge in [-0.3, -0.25) is 14.7 Å². The van der Waals surface area contributed by atoms with Crippen molar-refractivity contribution in [2.24, 2.45) is 5.73 Å². The van der Waals surface area contributed by atoms with Crippen LogP contribution in [0.5, 0.6) is 0 Å². The predicted molar refractivity (Wildman–Crippen MR) is 79.8 cm³/mol. The Morgan fingerprint density at radius 1 is 1.58 bits per heavy atom. The van der Waals surface area contributed by atoms with Crippen LogP contribution in [0.4, 0.5) is 0 Å². The van der Waals surface area contributed by atoms with Gasteiger partial charge < -0.3 is 11.1 Å². The molecule has 0 atom stereocenters. The molecule has 0 bridgehead atoms. The van der Waals surface area contributed by atoms with E-state index in [4.69, 9.17) is 18.0 Å². The third-order valence-corrected chi connectivity index (χ3v) is 2.74. The third kappa shape index (κ3) is 5.32. The molecule has 6 heteroatoms. The molecule has 19 heavy (non-hydrogen) atoms. The maximum absolute atomic E-state index is 11.6. The van der Waals surface area contributed by atoms with E-state index in [1.54, 1.807) is 6.20 Å². The zero-order valence-corrected chi connectivity index (χ0v) is 12.2. The summed E-state index contributed by atoms with van der Waals surface area (Å²) in [6.45, 7) is 3.65. The van der Waals surface area contributed by atoms with E-state index in [1.165, 1.54) is 0 Å². The molecule has 0 radical (unpaired) electrons. The summed E-state index contributed by atoms with van der Waals surface area (Å²) in [5.41, 5.74) is 7.18. The zero-order valence-electron chi connectivity index (χ0n) is 11.3. The number of rotatable bonds is 7. The van der Waals surface area contributed by atoms with Crippen LogP contribution in [0.2, 0.25) is 0 Å². The molecule has 0 spiro atoms. The number of carbonyl (C=O) groups excluding carboxylic acids is 1. The van der Waals surface area contributed by atoms with Crippen molar-refractivity contribution in [3.8, 4) is 0 Å². The predicted octanol–water partition coefficient (Wildman–Crippen LogP) is 0.674. The van der Waals surface area contributed by atoms with Gasteiger partial charge in [-0.2, -0.15) is 0 Å². The number of thiocarbonyl (C=S) groups is 1. The van der Waals surface area contributed by atoms with Crippen LogP contribution in [0.1, 0.15) is 24.6 Å². The van der Waals surface area contributed by atoms with E-state index in [-0.39, 0.29) is 10.9 Å². The van der Waals surface area contributed by atoms with Crippen LogP contribution in [-0.2, 0) is 11.3 Å². The van der Waals surface area contributed by atoms with Crippen LogP contribution in [0, 0.1) is 0 Å². The minimum Gasteiger partial charge on any atom is -0.388 e. The molecule has 0 saturated carbocycles. The van der Waals surface area contributed by atoms with Crippen LogP contribution >= 0.6 is 12.2 Å². The Labute approximate surface area is 119 Å². The van der Waals surface area contributed by atoms with Crippen molar-refractivity contribution in [3.05, 3.63) is 29.6 Å². The van der Waals surface area contributed by atoms with Crippen molar-refractivity contribution in [2.45, 2.75) is 19.9 Å². The van der Waals surface area contributed by atoms with Gasteiger partial charge in [0.05, 0.1) is 6.54 Å². The minimum absolute atomic E-state index is 0.0186. The molecule has 0 fully saturated rings. The maximum atomic E-state index is 11.6. The second-order valence-corrected chi connectivity index (χ2v) is 4.84. The molecular formula is C13H20N4OS. The molecule has 0 aliphatic carbocycles. The number of pyridine rings is 1. The van der Waals surface area contributed by atoms with Crippen LogP contribution in [-0.4, -0.2) is 40.9 Å². The highest BCUT2D eigenvalue weighted by molar-refractivity contribution is 7.80. The molecule has 0 aromatic carbocycles. The van der Waals surface area contributed by atoms with E-state index >= 15 is 0 Å². The van der Waals surface area contributed by atoms with E-state index in [2.05, 4.69) is 10.3 Å². The lowest BCUT2D eigenvalue weighted by Gasteiger charge is -2.17. The van der Waals surface area contributed by atoms with Crippen LogP contribution in [0.25, 0.3) is 0 Å². The topological polar surface area (TPSA) is 71.2 Å². The first-order chi connectivity index (χ1) is 9.04. The molecule has 5 nitrogen and oxygen atoms in total. The van der Waals surface area contributed by atoms with Crippen molar-refractivity contribution in [1.82, 2.24) is 15.2 Å². The van der Waals surface area contributed by atoms with E-state index in [0.29, 0.717) is 25.3 Å². The normalized spacial score (nSPS) is 10.5. The maximum Gasteiger partial charge on any atom is 0.234 e. The van der Waals surface area contributed by atoms with Gasteiger partial charge in [-0.05, 0) is 25.1 Å². The zero-order chi connectivity index (χ0) is 14.3. The lowest BCUT2D eigenvalue weighted by atomic mass is 10.2. The number of nitrogens with zero attached hydrogens (tertiary/aromatic N) is 2. The molecular weight excluding hydrogens is 260 g/mol. The molecule has 1 heterocycles. The molecule has 1 aromatic rings. The first-order valence-electron chi connectivity index (χ1n) is 6.23. The van der Waals surface area contributed by atoms with Crippen molar-refractivity contribution < 1.29 is 4.79 Å². The van der Waals surface area contributed by atoms with Gasteiger partial charge in [0, 0.05) is 19.3 Å². The summed E-state index contributed by atoms with van der Waals surface area (Å²) in [5.74, 6) is 0.0186. The Bertz CT molecular complexity index is 450. The number of hydrogen-bond acceptors (Lipinski definition) is 4. The number of carbonyl (C=O) groups is 1. The van der Waals surface area contributed by atoms with Gasteiger partial charge in [0.15, 0.2) is 0 Å². The molecule has 0 unspecified atom stereocenters. The standard InChI is InChI=1S/C13H20N4OS/c1-3-6-15-11(18)9-17(2)8-10-5-4-7-16-12(10)13(14)19/h4-5,7H,3,6,8-9H2,1-2H3,(H2,14,19)(H,15,18). The number of nitrogens with one attached hydrogen (secondary N) is 1. The quantitative estimate of drug-likeness (QED) is 0.719. The highest BCUT2D eigenvalue weighted by Gasteiger charge is 2.11. The fourth-order valence-corrected chi connectivity index (χ4v) is 1.88. The Hall–Kier alpha value is -1.53. The molecule has 0 aliphatic heterocycles. The van der Waals surface area contributed by atoms with Crippen LogP contribution in [0.3, 0.4) is 0 Å². The fourth-order valence-electron chi connectivity index (χ4n) is 1.70. The van der Waals surface area contributed by atoms with Crippen LogP contribution in [0.15, 0.2) is 18.3 Å². The highest BCUT2D eigenvalue weighted by atomic mass is 32.1. The first-order valence-corrected chi connectivity index (χ1v) is 6.64. The average Bonchev–Trinajstić information content (AvgIpc) is 2.36. The molecule has 1 amide bonds. The van der Waals surface area contributed by atoms with Crippen molar-refractivity contribution >= 4 is 23.1 Å². The average molecular weight is 280 g/mol. The second kappa shape index (κ2) is 7.81. The van der Waals surface area contributed by atoms with E-state index in [1.807, 2.05) is 31.0 Å². The van der Waals surface area contributed by atoms with Gasteiger partial charge in [0.2, 0.25) is 5.91 Å². The molecule has 1 aromatic heterocycles. The van der Waals surface area contributed by atoms with Gasteiger partial charge in [-0.25, -0.2) is 0 Å². The largest absolute Gasteiger partial charge is 0.388 e. The summed E-state index contributed by atoms with van der Waals surface area (Å²) < 4.78 is 0. The number of likely N-dealkylation sites (N-methyl/N-ethyl adjacent to an activating group) is 1. The smallest absolute Gasteiger partial charge is 0.234 e. The van der Waals surface area contributed by atoms with Crippen molar-refractivity contribution in [2.75, 3.05) is 20.1 Å². The van der Waals surface area contributed by atoms with Crippen molar-refractivity contribution in [1.29, 1.82) is 0 Å². The Balaban J connectivity index is 2.59. The molecule has 0 aliphatic rings. The Morgan fingerprint density at radius 2 is 2.32 bits per heavy atom. The highest BCUT2D eigenvalue weighted by Crippen LogP contribution is 2.08. The Morgan fingerprint density at radius 3 is 2.95 bits per heavy atom. The lowest BCUT2D eigenvalue weighted by molar-refractivity contribution is -0.122.